The Morgan fingerprint density at radius 2 is 1.86 bits per heavy atom. The van der Waals surface area contributed by atoms with Crippen molar-refractivity contribution in [1.82, 2.24) is 10.2 Å². The highest BCUT2D eigenvalue weighted by Crippen LogP contribution is 2.29. The third-order valence-corrected chi connectivity index (χ3v) is 5.51. The van der Waals surface area contributed by atoms with Crippen LogP contribution in [-0.2, 0) is 11.2 Å². The standard InChI is InChI=1S/C23H38N2O3.ClH/c1-18-7-11-20(12-8-18)24-23(26)14-10-19-9-13-21(22(17-19)27-4)28-16-6-5-15-25(2)3;/h9,13,17-18,20H,5-8,10-12,14-16H2,1-4H3,(H,24,26);1H. The van der Waals surface area contributed by atoms with E-state index in [1.165, 1.54) is 12.8 Å². The molecule has 0 saturated heterocycles. The normalized spacial score (nSPS) is 18.8. The maximum atomic E-state index is 12.3. The quantitative estimate of drug-likeness (QED) is 0.530. The van der Waals surface area contributed by atoms with Gasteiger partial charge < -0.3 is 19.7 Å². The lowest BCUT2D eigenvalue weighted by Crippen LogP contribution is -2.37. The molecule has 0 unspecified atom stereocenters. The number of nitrogens with one attached hydrogen (secondary N) is 1. The summed E-state index contributed by atoms with van der Waals surface area (Å²) in [4.78, 5) is 14.4. The van der Waals surface area contributed by atoms with E-state index in [0.717, 1.165) is 55.2 Å². The van der Waals surface area contributed by atoms with Gasteiger partial charge in [-0.25, -0.2) is 0 Å². The summed E-state index contributed by atoms with van der Waals surface area (Å²) in [7, 11) is 5.83. The highest BCUT2D eigenvalue weighted by Gasteiger charge is 2.19. The summed E-state index contributed by atoms with van der Waals surface area (Å²) in [5.41, 5.74) is 1.10. The fourth-order valence-corrected chi connectivity index (χ4v) is 3.66. The first-order chi connectivity index (χ1) is 13.5. The topological polar surface area (TPSA) is 50.8 Å². The van der Waals surface area contributed by atoms with E-state index in [1.807, 2.05) is 18.2 Å². The van der Waals surface area contributed by atoms with Crippen molar-refractivity contribution in [1.29, 1.82) is 0 Å². The number of halogens is 1. The SMILES string of the molecule is COc1cc(CCC(=O)NC2CCC(C)CC2)ccc1OCCCCN(C)C.Cl. The third-order valence-electron chi connectivity index (χ3n) is 5.51. The number of benzene rings is 1. The second-order valence-electron chi connectivity index (χ2n) is 8.37. The molecule has 1 aromatic rings. The highest BCUT2D eigenvalue weighted by atomic mass is 35.5. The first kappa shape index (κ1) is 25.6. The maximum Gasteiger partial charge on any atom is 0.220 e. The molecule has 1 aliphatic carbocycles. The summed E-state index contributed by atoms with van der Waals surface area (Å²) in [6.45, 7) is 4.05. The molecule has 1 aliphatic rings. The van der Waals surface area contributed by atoms with Crippen LogP contribution in [0.1, 0.15) is 57.4 Å². The van der Waals surface area contributed by atoms with Crippen LogP contribution in [0, 0.1) is 5.92 Å². The molecule has 0 aromatic heterocycles. The van der Waals surface area contributed by atoms with Gasteiger partial charge in [0, 0.05) is 12.5 Å². The van der Waals surface area contributed by atoms with Crippen molar-refractivity contribution in [3.8, 4) is 11.5 Å². The molecule has 1 amide bonds. The minimum absolute atomic E-state index is 0. The van der Waals surface area contributed by atoms with Crippen LogP contribution in [0.25, 0.3) is 0 Å². The summed E-state index contributed by atoms with van der Waals surface area (Å²) in [5.74, 6) is 2.47. The number of hydrogen-bond donors (Lipinski definition) is 1. The van der Waals surface area contributed by atoms with Crippen LogP contribution in [0.15, 0.2) is 18.2 Å². The fraction of sp³-hybridized carbons (Fsp3) is 0.696. The number of rotatable bonds is 11. The van der Waals surface area contributed by atoms with Gasteiger partial charge in [0.25, 0.3) is 0 Å². The third kappa shape index (κ3) is 9.72. The van der Waals surface area contributed by atoms with Crippen LogP contribution < -0.4 is 14.8 Å². The molecule has 2 rings (SSSR count). The van der Waals surface area contributed by atoms with Gasteiger partial charge in [-0.3, -0.25) is 4.79 Å². The van der Waals surface area contributed by atoms with Gasteiger partial charge in [-0.05, 0) is 89.2 Å². The highest BCUT2D eigenvalue weighted by molar-refractivity contribution is 5.85. The van der Waals surface area contributed by atoms with Crippen molar-refractivity contribution in [2.75, 3.05) is 34.4 Å². The summed E-state index contributed by atoms with van der Waals surface area (Å²) in [6.07, 6.45) is 8.03. The summed E-state index contributed by atoms with van der Waals surface area (Å²) >= 11 is 0. The molecule has 0 radical (unpaired) electrons. The molecule has 0 aliphatic heterocycles. The first-order valence-electron chi connectivity index (χ1n) is 10.7. The number of methoxy groups -OCH3 is 1. The van der Waals surface area contributed by atoms with Crippen LogP contribution in [0.4, 0.5) is 0 Å². The molecule has 1 fully saturated rings. The monoisotopic (exact) mass is 426 g/mol. The molecule has 29 heavy (non-hydrogen) atoms. The number of carbonyl (C=O) groups excluding carboxylic acids is 1. The molecule has 1 N–H and O–H groups in total. The van der Waals surface area contributed by atoms with E-state index in [9.17, 15) is 4.79 Å². The van der Waals surface area contributed by atoms with Gasteiger partial charge in [-0.2, -0.15) is 0 Å². The molecule has 5 nitrogen and oxygen atoms in total. The second kappa shape index (κ2) is 13.7. The molecular formula is C23H39ClN2O3. The molecule has 1 aromatic carbocycles. The van der Waals surface area contributed by atoms with Crippen molar-refractivity contribution in [3.63, 3.8) is 0 Å². The van der Waals surface area contributed by atoms with Crippen LogP contribution in [-0.4, -0.2) is 51.2 Å². The van der Waals surface area contributed by atoms with E-state index in [4.69, 9.17) is 9.47 Å². The van der Waals surface area contributed by atoms with Gasteiger partial charge in [0.15, 0.2) is 11.5 Å². The molecule has 1 saturated carbocycles. The minimum Gasteiger partial charge on any atom is -0.493 e. The van der Waals surface area contributed by atoms with Gasteiger partial charge >= 0.3 is 0 Å². The van der Waals surface area contributed by atoms with Crippen LogP contribution >= 0.6 is 12.4 Å². The minimum atomic E-state index is 0. The Labute approximate surface area is 182 Å². The predicted octanol–water partition coefficient (Wildman–Crippen LogP) is 4.47. The van der Waals surface area contributed by atoms with Crippen LogP contribution in [0.2, 0.25) is 0 Å². The summed E-state index contributed by atoms with van der Waals surface area (Å²) < 4.78 is 11.4. The molecule has 6 heteroatoms. The number of amides is 1. The van der Waals surface area contributed by atoms with Crippen molar-refractivity contribution < 1.29 is 14.3 Å². The number of carbonyl (C=O) groups is 1. The Morgan fingerprint density at radius 1 is 1.14 bits per heavy atom. The Bertz CT molecular complexity index is 602. The van der Waals surface area contributed by atoms with E-state index in [-0.39, 0.29) is 18.3 Å². The Morgan fingerprint density at radius 3 is 2.52 bits per heavy atom. The average Bonchev–Trinajstić information content (AvgIpc) is 2.68. The lowest BCUT2D eigenvalue weighted by Gasteiger charge is -2.26. The van der Waals surface area contributed by atoms with Gasteiger partial charge in [0.2, 0.25) is 5.91 Å². The fourth-order valence-electron chi connectivity index (χ4n) is 3.66. The van der Waals surface area contributed by atoms with Gasteiger partial charge in [-0.1, -0.05) is 13.0 Å². The van der Waals surface area contributed by atoms with Crippen molar-refractivity contribution in [3.05, 3.63) is 23.8 Å². The average molecular weight is 427 g/mol. The molecule has 166 valence electrons. The zero-order valence-corrected chi connectivity index (χ0v) is 19.4. The van der Waals surface area contributed by atoms with Crippen LogP contribution in [0.3, 0.4) is 0 Å². The van der Waals surface area contributed by atoms with E-state index < -0.39 is 0 Å². The maximum absolute atomic E-state index is 12.3. The van der Waals surface area contributed by atoms with Crippen molar-refractivity contribution in [2.24, 2.45) is 5.92 Å². The molecular weight excluding hydrogens is 388 g/mol. The van der Waals surface area contributed by atoms with Crippen molar-refractivity contribution >= 4 is 18.3 Å². The molecule has 0 bridgehead atoms. The zero-order valence-electron chi connectivity index (χ0n) is 18.5. The van der Waals surface area contributed by atoms with Crippen LogP contribution in [0.5, 0.6) is 11.5 Å². The van der Waals surface area contributed by atoms with E-state index in [1.54, 1.807) is 7.11 Å². The van der Waals surface area contributed by atoms with E-state index in [2.05, 4.69) is 31.2 Å². The Balaban J connectivity index is 0.00000420. The Hall–Kier alpha value is -1.46. The largest absolute Gasteiger partial charge is 0.493 e. The predicted molar refractivity (Wildman–Crippen MR) is 121 cm³/mol. The molecule has 0 atom stereocenters. The summed E-state index contributed by atoms with van der Waals surface area (Å²) in [5, 5.41) is 3.20. The lowest BCUT2D eigenvalue weighted by atomic mass is 9.87. The molecule has 0 spiro atoms. The van der Waals surface area contributed by atoms with Gasteiger partial charge in [0.05, 0.1) is 13.7 Å². The number of aryl methyl sites for hydroxylation is 1. The van der Waals surface area contributed by atoms with E-state index in [0.29, 0.717) is 25.5 Å². The first-order valence-corrected chi connectivity index (χ1v) is 10.7. The number of hydrogen-bond acceptors (Lipinski definition) is 4. The lowest BCUT2D eigenvalue weighted by molar-refractivity contribution is -0.122. The zero-order chi connectivity index (χ0) is 20.4. The van der Waals surface area contributed by atoms with Gasteiger partial charge in [-0.15, -0.1) is 12.4 Å². The van der Waals surface area contributed by atoms with Gasteiger partial charge in [0.1, 0.15) is 0 Å². The van der Waals surface area contributed by atoms with Crippen molar-refractivity contribution in [2.45, 2.75) is 64.3 Å². The number of unbranched alkanes of at least 4 members (excludes halogenated alkanes) is 1. The smallest absolute Gasteiger partial charge is 0.220 e. The summed E-state index contributed by atoms with van der Waals surface area (Å²) in [6, 6.07) is 6.35. The second-order valence-corrected chi connectivity index (χ2v) is 8.37. The van der Waals surface area contributed by atoms with E-state index >= 15 is 0 Å². The number of ether oxygens (including phenoxy) is 2. The number of nitrogens with zero attached hydrogens (tertiary/aromatic N) is 1. The molecule has 0 heterocycles. The Kier molecular flexibility index (Phi) is 12.1.